The van der Waals surface area contributed by atoms with Gasteiger partial charge in [-0.3, -0.25) is 19.9 Å². The number of hydrogen-bond acceptors (Lipinski definition) is 5. The Morgan fingerprint density at radius 1 is 1.28 bits per heavy atom. The van der Waals surface area contributed by atoms with Gasteiger partial charge in [0.05, 0.1) is 9.82 Å². The molecule has 0 aliphatic heterocycles. The highest BCUT2D eigenvalue weighted by atomic mass is 32.2. The second kappa shape index (κ2) is 7.22. The molecule has 0 saturated carbocycles. The molecular formula is C16H22N4O4S. The van der Waals surface area contributed by atoms with E-state index in [9.17, 15) is 18.5 Å². The van der Waals surface area contributed by atoms with E-state index >= 15 is 0 Å². The van der Waals surface area contributed by atoms with Crippen LogP contribution in [-0.2, 0) is 10.0 Å². The van der Waals surface area contributed by atoms with Gasteiger partial charge in [-0.15, -0.1) is 0 Å². The average Bonchev–Trinajstić information content (AvgIpc) is 2.94. The molecule has 1 aromatic heterocycles. The van der Waals surface area contributed by atoms with Crippen molar-refractivity contribution in [3.8, 4) is 0 Å². The van der Waals surface area contributed by atoms with Crippen LogP contribution < -0.4 is 4.72 Å². The maximum atomic E-state index is 12.6. The Morgan fingerprint density at radius 2 is 1.96 bits per heavy atom. The highest BCUT2D eigenvalue weighted by molar-refractivity contribution is 7.92. The third-order valence-corrected chi connectivity index (χ3v) is 5.57. The van der Waals surface area contributed by atoms with Gasteiger partial charge in [-0.1, -0.05) is 20.3 Å². The zero-order valence-electron chi connectivity index (χ0n) is 14.7. The van der Waals surface area contributed by atoms with Crippen LogP contribution in [0.15, 0.2) is 23.1 Å². The van der Waals surface area contributed by atoms with E-state index in [1.54, 1.807) is 19.9 Å². The molecule has 25 heavy (non-hydrogen) atoms. The van der Waals surface area contributed by atoms with Gasteiger partial charge in [0.2, 0.25) is 0 Å². The van der Waals surface area contributed by atoms with Crippen LogP contribution in [0.1, 0.15) is 49.4 Å². The molecule has 1 atom stereocenters. The van der Waals surface area contributed by atoms with Crippen molar-refractivity contribution in [2.75, 3.05) is 4.72 Å². The molecule has 1 aromatic carbocycles. The van der Waals surface area contributed by atoms with Crippen molar-refractivity contribution in [1.82, 2.24) is 10.2 Å². The molecule has 0 amide bonds. The Balaban J connectivity index is 2.34. The molecule has 0 bridgehead atoms. The number of rotatable bonds is 7. The van der Waals surface area contributed by atoms with E-state index in [0.717, 1.165) is 24.6 Å². The molecule has 1 heterocycles. The Bertz CT molecular complexity index is 890. The molecule has 136 valence electrons. The van der Waals surface area contributed by atoms with Crippen molar-refractivity contribution in [3.05, 3.63) is 45.1 Å². The smallest absolute Gasteiger partial charge is 0.273 e. The number of nitro groups is 1. The maximum Gasteiger partial charge on any atom is 0.273 e. The van der Waals surface area contributed by atoms with Gasteiger partial charge < -0.3 is 0 Å². The fourth-order valence-electron chi connectivity index (χ4n) is 2.73. The number of H-pyrrole nitrogens is 1. The first-order valence-electron chi connectivity index (χ1n) is 7.99. The fourth-order valence-corrected chi connectivity index (χ4v) is 3.97. The summed E-state index contributed by atoms with van der Waals surface area (Å²) < 4.78 is 27.6. The Morgan fingerprint density at radius 3 is 2.56 bits per heavy atom. The summed E-state index contributed by atoms with van der Waals surface area (Å²) in [5, 5.41) is 17.9. The van der Waals surface area contributed by atoms with Crippen molar-refractivity contribution in [2.45, 2.75) is 51.3 Å². The third-order valence-electron chi connectivity index (χ3n) is 4.07. The van der Waals surface area contributed by atoms with Gasteiger partial charge in [-0.2, -0.15) is 5.10 Å². The van der Waals surface area contributed by atoms with Gasteiger partial charge >= 0.3 is 0 Å². The number of nitro benzene ring substituents is 1. The molecule has 2 aromatic rings. The Labute approximate surface area is 146 Å². The predicted octanol–water partition coefficient (Wildman–Crippen LogP) is 3.64. The molecule has 0 radical (unpaired) electrons. The molecule has 1 unspecified atom stereocenters. The van der Waals surface area contributed by atoms with E-state index in [0.29, 0.717) is 11.1 Å². The van der Waals surface area contributed by atoms with E-state index in [4.69, 9.17) is 0 Å². The van der Waals surface area contributed by atoms with Gasteiger partial charge in [-0.25, -0.2) is 8.42 Å². The summed E-state index contributed by atoms with van der Waals surface area (Å²) in [4.78, 5) is 10.4. The minimum atomic E-state index is -3.98. The van der Waals surface area contributed by atoms with Crippen LogP contribution in [-0.4, -0.2) is 23.5 Å². The topological polar surface area (TPSA) is 118 Å². The second-order valence-electron chi connectivity index (χ2n) is 6.17. The SMILES string of the molecule is CCCC(C)c1cc(NS(=O)(=O)c2cc([N+](=O)[O-])c(C)cc2C)n[nH]1. The van der Waals surface area contributed by atoms with E-state index in [1.807, 2.05) is 6.92 Å². The quantitative estimate of drug-likeness (QED) is 0.573. The lowest BCUT2D eigenvalue weighted by molar-refractivity contribution is -0.385. The summed E-state index contributed by atoms with van der Waals surface area (Å²) >= 11 is 0. The van der Waals surface area contributed by atoms with E-state index in [2.05, 4.69) is 21.8 Å². The number of benzene rings is 1. The number of nitrogens with one attached hydrogen (secondary N) is 2. The Hall–Kier alpha value is -2.42. The zero-order valence-corrected chi connectivity index (χ0v) is 15.5. The lowest BCUT2D eigenvalue weighted by Gasteiger charge is -2.09. The van der Waals surface area contributed by atoms with Gasteiger partial charge in [0, 0.05) is 23.4 Å². The molecule has 2 rings (SSSR count). The van der Waals surface area contributed by atoms with Crippen LogP contribution in [0.4, 0.5) is 11.5 Å². The molecule has 2 N–H and O–H groups in total. The molecular weight excluding hydrogens is 344 g/mol. The van der Waals surface area contributed by atoms with Crippen molar-refractivity contribution in [1.29, 1.82) is 0 Å². The first-order chi connectivity index (χ1) is 11.7. The van der Waals surface area contributed by atoms with Crippen LogP contribution >= 0.6 is 0 Å². The highest BCUT2D eigenvalue weighted by Gasteiger charge is 2.23. The van der Waals surface area contributed by atoms with Crippen LogP contribution in [0, 0.1) is 24.0 Å². The predicted molar refractivity (Wildman–Crippen MR) is 95.3 cm³/mol. The maximum absolute atomic E-state index is 12.6. The Kier molecular flexibility index (Phi) is 5.46. The lowest BCUT2D eigenvalue weighted by Crippen LogP contribution is -2.15. The number of aromatic amines is 1. The van der Waals surface area contributed by atoms with Crippen LogP contribution in [0.5, 0.6) is 0 Å². The van der Waals surface area contributed by atoms with Gasteiger partial charge in [0.15, 0.2) is 5.82 Å². The minimum absolute atomic E-state index is 0.129. The average molecular weight is 366 g/mol. The second-order valence-corrected chi connectivity index (χ2v) is 7.82. The molecule has 9 heteroatoms. The number of sulfonamides is 1. The number of anilines is 1. The monoisotopic (exact) mass is 366 g/mol. The summed E-state index contributed by atoms with van der Waals surface area (Å²) in [6, 6.07) is 4.22. The molecule has 0 aliphatic carbocycles. The van der Waals surface area contributed by atoms with Crippen LogP contribution in [0.2, 0.25) is 0 Å². The van der Waals surface area contributed by atoms with Gasteiger partial charge in [0.1, 0.15) is 0 Å². The molecule has 0 fully saturated rings. The largest absolute Gasteiger partial charge is 0.280 e. The van der Waals surface area contributed by atoms with Crippen LogP contribution in [0.25, 0.3) is 0 Å². The van der Waals surface area contributed by atoms with Gasteiger partial charge in [-0.05, 0) is 37.8 Å². The van der Waals surface area contributed by atoms with Crippen molar-refractivity contribution < 1.29 is 13.3 Å². The lowest BCUT2D eigenvalue weighted by atomic mass is 10.0. The summed E-state index contributed by atoms with van der Waals surface area (Å²) in [6.07, 6.45) is 1.96. The minimum Gasteiger partial charge on any atom is -0.280 e. The van der Waals surface area contributed by atoms with Crippen LogP contribution in [0.3, 0.4) is 0 Å². The van der Waals surface area contributed by atoms with E-state index in [-0.39, 0.29) is 22.3 Å². The molecule has 0 aliphatic rings. The van der Waals surface area contributed by atoms with Crippen molar-refractivity contribution >= 4 is 21.5 Å². The normalized spacial score (nSPS) is 12.8. The van der Waals surface area contributed by atoms with Gasteiger partial charge in [0.25, 0.3) is 15.7 Å². The first kappa shape index (κ1) is 18.9. The van der Waals surface area contributed by atoms with E-state index < -0.39 is 14.9 Å². The number of aryl methyl sites for hydroxylation is 2. The number of nitrogens with zero attached hydrogens (tertiary/aromatic N) is 2. The first-order valence-corrected chi connectivity index (χ1v) is 9.47. The fraction of sp³-hybridized carbons (Fsp3) is 0.438. The molecule has 0 spiro atoms. The van der Waals surface area contributed by atoms with E-state index in [1.165, 1.54) is 6.07 Å². The standard InChI is InChI=1S/C16H22N4O4S/c1-5-6-10(2)13-8-16(18-17-13)19-25(23,24)15-9-14(20(21)22)11(3)7-12(15)4/h7-10H,5-6H2,1-4H3,(H2,17,18,19). The van der Waals surface area contributed by atoms with Crippen molar-refractivity contribution in [2.24, 2.45) is 0 Å². The third kappa shape index (κ3) is 4.16. The molecule has 0 saturated heterocycles. The molecule has 8 nitrogen and oxygen atoms in total. The number of hydrogen-bond donors (Lipinski definition) is 2. The number of aromatic nitrogens is 2. The highest BCUT2D eigenvalue weighted by Crippen LogP contribution is 2.28. The summed E-state index contributed by atoms with van der Waals surface area (Å²) in [5.41, 5.74) is 1.46. The zero-order chi connectivity index (χ0) is 18.8. The summed E-state index contributed by atoms with van der Waals surface area (Å²) in [6.45, 7) is 7.28. The summed E-state index contributed by atoms with van der Waals surface area (Å²) in [5.74, 6) is 0.401. The van der Waals surface area contributed by atoms with Crippen molar-refractivity contribution in [3.63, 3.8) is 0 Å². The summed E-state index contributed by atoms with van der Waals surface area (Å²) in [7, 11) is -3.98.